The molecule has 1 saturated carbocycles. The van der Waals surface area contributed by atoms with Crippen LogP contribution in [0.1, 0.15) is 70.3 Å². The topological polar surface area (TPSA) is 171 Å². The largest absolute Gasteiger partial charge is 0.446 e. The van der Waals surface area contributed by atoms with Crippen LogP contribution in [-0.4, -0.2) is 66.2 Å². The molecule has 1 aromatic rings. The van der Waals surface area contributed by atoms with Gasteiger partial charge in [0.05, 0.1) is 6.04 Å². The minimum Gasteiger partial charge on any atom is -0.446 e. The van der Waals surface area contributed by atoms with E-state index in [0.29, 0.717) is 31.7 Å². The van der Waals surface area contributed by atoms with Crippen LogP contribution < -0.4 is 16.0 Å². The summed E-state index contributed by atoms with van der Waals surface area (Å²) < 4.78 is 38.3. The van der Waals surface area contributed by atoms with Gasteiger partial charge in [0.25, 0.3) is 10.1 Å². The quantitative estimate of drug-likeness (QED) is 0.259. The zero-order valence-corrected chi connectivity index (χ0v) is 22.7. The van der Waals surface area contributed by atoms with Gasteiger partial charge < -0.3 is 25.8 Å². The van der Waals surface area contributed by atoms with Crippen molar-refractivity contribution in [2.75, 3.05) is 6.54 Å². The average molecular weight is 554 g/mol. The number of alkyl carbamates (subject to hydrolysis) is 1. The Hall–Kier alpha value is -2.70. The highest BCUT2D eigenvalue weighted by Gasteiger charge is 2.38. The van der Waals surface area contributed by atoms with Crippen molar-refractivity contribution in [3.8, 4) is 0 Å². The average Bonchev–Trinajstić information content (AvgIpc) is 3.27. The van der Waals surface area contributed by atoms with Crippen molar-refractivity contribution >= 4 is 28.0 Å². The molecule has 0 aromatic heterocycles. The Morgan fingerprint density at radius 2 is 1.74 bits per heavy atom. The monoisotopic (exact) mass is 553 g/mol. The van der Waals surface area contributed by atoms with E-state index >= 15 is 0 Å². The van der Waals surface area contributed by atoms with Gasteiger partial charge in [0.15, 0.2) is 0 Å². The maximum atomic E-state index is 13.1. The lowest BCUT2D eigenvalue weighted by Crippen LogP contribution is -2.55. The fourth-order valence-corrected chi connectivity index (χ4v) is 5.78. The van der Waals surface area contributed by atoms with Gasteiger partial charge in [-0.15, -0.1) is 0 Å². The maximum Gasteiger partial charge on any atom is 0.408 e. The van der Waals surface area contributed by atoms with Gasteiger partial charge in [0.1, 0.15) is 12.1 Å². The third kappa shape index (κ3) is 8.67. The molecule has 11 nitrogen and oxygen atoms in total. The molecule has 38 heavy (non-hydrogen) atoms. The highest BCUT2D eigenvalue weighted by Crippen LogP contribution is 2.34. The van der Waals surface area contributed by atoms with Crippen LogP contribution >= 0.6 is 0 Å². The second kappa shape index (κ2) is 13.4. The molecule has 0 bridgehead atoms. The van der Waals surface area contributed by atoms with Gasteiger partial charge in [0.2, 0.25) is 17.3 Å². The van der Waals surface area contributed by atoms with Crippen LogP contribution in [0, 0.1) is 11.8 Å². The van der Waals surface area contributed by atoms with Gasteiger partial charge in [0, 0.05) is 12.5 Å². The van der Waals surface area contributed by atoms with E-state index in [4.69, 9.17) is 4.74 Å². The first-order chi connectivity index (χ1) is 17.9. The Kier molecular flexibility index (Phi) is 10.5. The Morgan fingerprint density at radius 1 is 1.08 bits per heavy atom. The fraction of sp³-hybridized carbons (Fsp3) is 0.654. The van der Waals surface area contributed by atoms with Gasteiger partial charge in [-0.1, -0.05) is 44.2 Å². The smallest absolute Gasteiger partial charge is 0.408 e. The van der Waals surface area contributed by atoms with Crippen LogP contribution in [0.3, 0.4) is 0 Å². The van der Waals surface area contributed by atoms with Gasteiger partial charge in [-0.3, -0.25) is 14.1 Å². The van der Waals surface area contributed by atoms with Crippen LogP contribution in [0.25, 0.3) is 0 Å². The Morgan fingerprint density at radius 3 is 2.29 bits per heavy atom. The van der Waals surface area contributed by atoms with E-state index in [1.165, 1.54) is 5.56 Å². The summed E-state index contributed by atoms with van der Waals surface area (Å²) in [4.78, 5) is 37.8. The van der Waals surface area contributed by atoms with E-state index in [-0.39, 0.29) is 30.8 Å². The minimum absolute atomic E-state index is 0.0158. The zero-order valence-electron chi connectivity index (χ0n) is 21.8. The van der Waals surface area contributed by atoms with E-state index in [1.54, 1.807) is 0 Å². The Bertz CT molecular complexity index is 1060. The van der Waals surface area contributed by atoms with E-state index in [9.17, 15) is 32.5 Å². The maximum absolute atomic E-state index is 13.1. The van der Waals surface area contributed by atoms with Crippen molar-refractivity contribution in [2.45, 2.75) is 88.3 Å². The van der Waals surface area contributed by atoms with Gasteiger partial charge >= 0.3 is 6.09 Å². The van der Waals surface area contributed by atoms with Crippen molar-refractivity contribution in [1.29, 1.82) is 0 Å². The summed E-state index contributed by atoms with van der Waals surface area (Å²) in [6.07, 6.45) is 2.53. The first kappa shape index (κ1) is 29.9. The lowest BCUT2D eigenvalue weighted by atomic mass is 9.83. The normalized spacial score (nSPS) is 24.2. The van der Waals surface area contributed by atoms with Crippen LogP contribution in [0.5, 0.6) is 0 Å². The molecule has 5 N–H and O–H groups in total. The second-order valence-corrected chi connectivity index (χ2v) is 12.2. The van der Waals surface area contributed by atoms with Crippen molar-refractivity contribution < 1.29 is 37.2 Å². The summed E-state index contributed by atoms with van der Waals surface area (Å²) in [5.74, 6) is -1.31. The molecule has 1 aliphatic heterocycles. The summed E-state index contributed by atoms with van der Waals surface area (Å²) >= 11 is 0. The Balaban J connectivity index is 1.60. The van der Waals surface area contributed by atoms with Crippen LogP contribution in [-0.2, 0) is 24.4 Å². The zero-order chi connectivity index (χ0) is 27.9. The molecule has 0 radical (unpaired) electrons. The van der Waals surface area contributed by atoms with E-state index in [0.717, 1.165) is 12.8 Å². The summed E-state index contributed by atoms with van der Waals surface area (Å²) in [5, 5.41) is 17.8. The molecular formula is C26H39N3O8S. The van der Waals surface area contributed by atoms with Crippen molar-refractivity contribution in [3.63, 3.8) is 0 Å². The predicted octanol–water partition coefficient (Wildman–Crippen LogP) is 2.07. The highest BCUT2D eigenvalue weighted by molar-refractivity contribution is 7.86. The number of aliphatic hydroxyl groups is 1. The second-order valence-electron chi connectivity index (χ2n) is 10.6. The van der Waals surface area contributed by atoms with E-state index < -0.39 is 45.6 Å². The first-order valence-corrected chi connectivity index (χ1v) is 14.7. The van der Waals surface area contributed by atoms with Crippen LogP contribution in [0.2, 0.25) is 0 Å². The molecule has 0 spiro atoms. The van der Waals surface area contributed by atoms with Gasteiger partial charge in [-0.05, 0) is 62.3 Å². The molecule has 1 aliphatic carbocycles. The van der Waals surface area contributed by atoms with Crippen molar-refractivity contribution in [1.82, 2.24) is 16.0 Å². The molecular weight excluding hydrogens is 514 g/mol. The number of rotatable bonds is 11. The highest BCUT2D eigenvalue weighted by atomic mass is 32.2. The molecule has 1 heterocycles. The third-order valence-corrected chi connectivity index (χ3v) is 8.15. The summed E-state index contributed by atoms with van der Waals surface area (Å²) in [6.45, 7) is 4.10. The third-order valence-electron chi connectivity index (χ3n) is 7.21. The van der Waals surface area contributed by atoms with Gasteiger partial charge in [-0.2, -0.15) is 8.42 Å². The molecule has 3 amide bonds. The number of benzene rings is 1. The number of amides is 3. The summed E-state index contributed by atoms with van der Waals surface area (Å²) in [7, 11) is -4.93. The number of aliphatic hydroxyl groups excluding tert-OH is 1. The van der Waals surface area contributed by atoms with Crippen molar-refractivity contribution in [3.05, 3.63) is 35.9 Å². The lowest BCUT2D eigenvalue weighted by Gasteiger charge is -2.30. The first-order valence-electron chi connectivity index (χ1n) is 13.2. The summed E-state index contributed by atoms with van der Waals surface area (Å²) in [5.41, 5.74) is -1.06. The van der Waals surface area contributed by atoms with Crippen LogP contribution in [0.15, 0.2) is 30.3 Å². The molecule has 1 saturated heterocycles. The molecule has 2 fully saturated rings. The standard InChI is InChI=1S/C26H39N3O8S/c1-16(2)14-21(24(31)28-22(25(32)38(34,35)36)15-19-12-13-27-23(19)30)29-26(33)37-20-10-8-18(9-11-20)17-6-4-3-5-7-17/h3-7,16,18-22,25,32H,8-15H2,1-2H3,(H,27,30)(H,28,31)(H,29,33)(H,34,35,36)/t18?,19-,20?,21-,22-,25-/m0/s1. The number of carbonyl (C=O) groups is 3. The Labute approximate surface area is 223 Å². The predicted molar refractivity (Wildman–Crippen MR) is 140 cm³/mol. The lowest BCUT2D eigenvalue weighted by molar-refractivity contribution is -0.126. The molecule has 1 aromatic carbocycles. The van der Waals surface area contributed by atoms with Crippen molar-refractivity contribution in [2.24, 2.45) is 11.8 Å². The molecule has 12 heteroatoms. The number of carbonyl (C=O) groups excluding carboxylic acids is 3. The number of hydrogen-bond acceptors (Lipinski definition) is 7. The van der Waals surface area contributed by atoms with Gasteiger partial charge in [-0.25, -0.2) is 4.79 Å². The molecule has 2 aliphatic rings. The molecule has 3 rings (SSSR count). The summed E-state index contributed by atoms with van der Waals surface area (Å²) in [6, 6.07) is 7.66. The minimum atomic E-state index is -4.93. The number of nitrogens with one attached hydrogen (secondary N) is 3. The molecule has 4 atom stereocenters. The fourth-order valence-electron chi connectivity index (χ4n) is 5.18. The SMILES string of the molecule is CC(C)C[C@H](NC(=O)OC1CCC(c2ccccc2)CC1)C(=O)N[C@@H](C[C@@H]1CCNC1=O)[C@@H](O)S(=O)(=O)O. The number of hydrogen-bond donors (Lipinski definition) is 5. The molecule has 0 unspecified atom stereocenters. The van der Waals surface area contributed by atoms with E-state index in [1.807, 2.05) is 32.0 Å². The van der Waals surface area contributed by atoms with E-state index in [2.05, 4.69) is 28.1 Å². The van der Waals surface area contributed by atoms with Crippen LogP contribution in [0.4, 0.5) is 4.79 Å². The molecule has 212 valence electrons. The number of ether oxygens (including phenoxy) is 1.